The molecule has 1 aromatic carbocycles. The molecule has 1 fully saturated rings. The Bertz CT molecular complexity index is 346. The molecule has 3 unspecified atom stereocenters. The van der Waals surface area contributed by atoms with Gasteiger partial charge < -0.3 is 10.4 Å². The van der Waals surface area contributed by atoms with Gasteiger partial charge in [0.1, 0.15) is 0 Å². The standard InChI is InChI=1S/C15H23NO/c1-11-3-8-15(12(2)9-11)16-14-6-4-13(10-17)5-7-14/h4-7,11-12,15-17H,3,8-10H2,1-2H3. The lowest BCUT2D eigenvalue weighted by Crippen LogP contribution is -2.32. The topological polar surface area (TPSA) is 32.3 Å². The molecule has 0 heterocycles. The maximum Gasteiger partial charge on any atom is 0.0681 e. The second kappa shape index (κ2) is 5.54. The molecule has 0 spiro atoms. The van der Waals surface area contributed by atoms with Crippen LogP contribution in [0.4, 0.5) is 5.69 Å². The molecular formula is C15H23NO. The molecule has 1 aliphatic carbocycles. The van der Waals surface area contributed by atoms with Crippen LogP contribution in [0.5, 0.6) is 0 Å². The molecule has 0 aromatic heterocycles. The predicted molar refractivity (Wildman–Crippen MR) is 72.0 cm³/mol. The fourth-order valence-electron chi connectivity index (χ4n) is 2.80. The fourth-order valence-corrected chi connectivity index (χ4v) is 2.80. The van der Waals surface area contributed by atoms with Crippen LogP contribution in [-0.2, 0) is 6.61 Å². The number of aliphatic hydroxyl groups excluding tert-OH is 1. The van der Waals surface area contributed by atoms with Crippen LogP contribution in [0.25, 0.3) is 0 Å². The lowest BCUT2D eigenvalue weighted by Gasteiger charge is -2.33. The molecule has 2 nitrogen and oxygen atoms in total. The van der Waals surface area contributed by atoms with Crippen molar-refractivity contribution < 1.29 is 5.11 Å². The fraction of sp³-hybridized carbons (Fsp3) is 0.600. The second-order valence-corrected chi connectivity index (χ2v) is 5.50. The van der Waals surface area contributed by atoms with Gasteiger partial charge in [0.05, 0.1) is 6.61 Å². The van der Waals surface area contributed by atoms with E-state index in [1.54, 1.807) is 0 Å². The first-order valence-electron chi connectivity index (χ1n) is 6.65. The van der Waals surface area contributed by atoms with Gasteiger partial charge in [-0.2, -0.15) is 0 Å². The number of hydrogen-bond donors (Lipinski definition) is 2. The smallest absolute Gasteiger partial charge is 0.0681 e. The third kappa shape index (κ3) is 3.22. The first-order valence-corrected chi connectivity index (χ1v) is 6.65. The van der Waals surface area contributed by atoms with Crippen LogP contribution >= 0.6 is 0 Å². The minimum Gasteiger partial charge on any atom is -0.392 e. The van der Waals surface area contributed by atoms with Crippen LogP contribution in [0, 0.1) is 11.8 Å². The van der Waals surface area contributed by atoms with Crippen LogP contribution in [0.15, 0.2) is 24.3 Å². The highest BCUT2D eigenvalue weighted by Gasteiger charge is 2.24. The van der Waals surface area contributed by atoms with Crippen LogP contribution in [0.2, 0.25) is 0 Å². The molecular weight excluding hydrogens is 210 g/mol. The molecule has 1 aromatic rings. The monoisotopic (exact) mass is 233 g/mol. The van der Waals surface area contributed by atoms with Gasteiger partial charge in [-0.25, -0.2) is 0 Å². The van der Waals surface area contributed by atoms with Gasteiger partial charge >= 0.3 is 0 Å². The maximum atomic E-state index is 9.00. The van der Waals surface area contributed by atoms with E-state index in [2.05, 4.69) is 31.3 Å². The molecule has 17 heavy (non-hydrogen) atoms. The van der Waals surface area contributed by atoms with Crippen molar-refractivity contribution in [1.29, 1.82) is 0 Å². The van der Waals surface area contributed by atoms with E-state index in [1.165, 1.54) is 24.9 Å². The molecule has 0 radical (unpaired) electrons. The van der Waals surface area contributed by atoms with E-state index < -0.39 is 0 Å². The Kier molecular flexibility index (Phi) is 4.06. The summed E-state index contributed by atoms with van der Waals surface area (Å²) in [6, 6.07) is 8.70. The number of benzene rings is 1. The van der Waals surface area contributed by atoms with E-state index >= 15 is 0 Å². The third-order valence-electron chi connectivity index (χ3n) is 3.92. The average molecular weight is 233 g/mol. The van der Waals surface area contributed by atoms with E-state index in [4.69, 9.17) is 5.11 Å². The molecule has 2 N–H and O–H groups in total. The summed E-state index contributed by atoms with van der Waals surface area (Å²) in [5, 5.41) is 12.6. The summed E-state index contributed by atoms with van der Waals surface area (Å²) in [7, 11) is 0. The van der Waals surface area contributed by atoms with E-state index in [9.17, 15) is 0 Å². The highest BCUT2D eigenvalue weighted by atomic mass is 16.3. The SMILES string of the molecule is CC1CCC(Nc2ccc(CO)cc2)C(C)C1. The second-order valence-electron chi connectivity index (χ2n) is 5.50. The van der Waals surface area contributed by atoms with Crippen molar-refractivity contribution in [3.05, 3.63) is 29.8 Å². The number of aliphatic hydroxyl groups is 1. The van der Waals surface area contributed by atoms with Crippen LogP contribution in [0.1, 0.15) is 38.7 Å². The largest absolute Gasteiger partial charge is 0.392 e. The van der Waals surface area contributed by atoms with Gasteiger partial charge in [0.15, 0.2) is 0 Å². The first-order chi connectivity index (χ1) is 8.19. The number of nitrogens with one attached hydrogen (secondary N) is 1. The lowest BCUT2D eigenvalue weighted by atomic mass is 9.80. The zero-order valence-electron chi connectivity index (χ0n) is 10.8. The van der Waals surface area contributed by atoms with Gasteiger partial charge in [0.25, 0.3) is 0 Å². The molecule has 3 atom stereocenters. The Morgan fingerprint density at radius 2 is 1.88 bits per heavy atom. The molecule has 0 bridgehead atoms. The van der Waals surface area contributed by atoms with E-state index in [0.717, 1.165) is 17.4 Å². The predicted octanol–water partition coefficient (Wildman–Crippen LogP) is 3.42. The van der Waals surface area contributed by atoms with Gasteiger partial charge in [-0.05, 0) is 48.8 Å². The van der Waals surface area contributed by atoms with E-state index in [-0.39, 0.29) is 6.61 Å². The number of rotatable bonds is 3. The van der Waals surface area contributed by atoms with Gasteiger partial charge in [-0.1, -0.05) is 26.0 Å². The molecule has 0 saturated heterocycles. The van der Waals surface area contributed by atoms with Crippen molar-refractivity contribution in [3.63, 3.8) is 0 Å². The van der Waals surface area contributed by atoms with Crippen molar-refractivity contribution in [2.75, 3.05) is 5.32 Å². The minimum absolute atomic E-state index is 0.123. The van der Waals surface area contributed by atoms with Gasteiger partial charge in [-0.3, -0.25) is 0 Å². The lowest BCUT2D eigenvalue weighted by molar-refractivity contribution is 0.276. The highest BCUT2D eigenvalue weighted by Crippen LogP contribution is 2.30. The van der Waals surface area contributed by atoms with Gasteiger partial charge in [0, 0.05) is 11.7 Å². The molecule has 0 aliphatic heterocycles. The minimum atomic E-state index is 0.123. The van der Waals surface area contributed by atoms with Gasteiger partial charge in [-0.15, -0.1) is 0 Å². The third-order valence-corrected chi connectivity index (χ3v) is 3.92. The normalized spacial score (nSPS) is 29.0. The Morgan fingerprint density at radius 3 is 2.47 bits per heavy atom. The van der Waals surface area contributed by atoms with Crippen molar-refractivity contribution in [2.45, 2.75) is 45.8 Å². The zero-order chi connectivity index (χ0) is 12.3. The van der Waals surface area contributed by atoms with E-state index in [0.29, 0.717) is 6.04 Å². The molecule has 1 aliphatic rings. The quantitative estimate of drug-likeness (QED) is 0.838. The average Bonchev–Trinajstić information content (AvgIpc) is 2.34. The summed E-state index contributed by atoms with van der Waals surface area (Å²) in [6.07, 6.45) is 3.92. The molecule has 2 rings (SSSR count). The Balaban J connectivity index is 1.95. The van der Waals surface area contributed by atoms with Gasteiger partial charge in [0.2, 0.25) is 0 Å². The molecule has 94 valence electrons. The summed E-state index contributed by atoms with van der Waals surface area (Å²) in [6.45, 7) is 4.82. The number of anilines is 1. The molecule has 1 saturated carbocycles. The van der Waals surface area contributed by atoms with Crippen molar-refractivity contribution in [1.82, 2.24) is 0 Å². The molecule has 0 amide bonds. The summed E-state index contributed by atoms with van der Waals surface area (Å²) in [5.74, 6) is 1.62. The van der Waals surface area contributed by atoms with Crippen LogP contribution in [-0.4, -0.2) is 11.1 Å². The summed E-state index contributed by atoms with van der Waals surface area (Å²) < 4.78 is 0. The Morgan fingerprint density at radius 1 is 1.18 bits per heavy atom. The Hall–Kier alpha value is -1.02. The first kappa shape index (κ1) is 12.4. The maximum absolute atomic E-state index is 9.00. The summed E-state index contributed by atoms with van der Waals surface area (Å²) >= 11 is 0. The van der Waals surface area contributed by atoms with Crippen molar-refractivity contribution in [2.24, 2.45) is 11.8 Å². The van der Waals surface area contributed by atoms with E-state index in [1.807, 2.05) is 12.1 Å². The Labute approximate surface area is 104 Å². The van der Waals surface area contributed by atoms with Crippen molar-refractivity contribution >= 4 is 5.69 Å². The number of hydrogen-bond acceptors (Lipinski definition) is 2. The molecule has 2 heteroatoms. The van der Waals surface area contributed by atoms with Crippen LogP contribution < -0.4 is 5.32 Å². The van der Waals surface area contributed by atoms with Crippen LogP contribution in [0.3, 0.4) is 0 Å². The highest BCUT2D eigenvalue weighted by molar-refractivity contribution is 5.45. The summed E-state index contributed by atoms with van der Waals surface area (Å²) in [5.41, 5.74) is 2.15. The van der Waals surface area contributed by atoms with Crippen molar-refractivity contribution in [3.8, 4) is 0 Å². The summed E-state index contributed by atoms with van der Waals surface area (Å²) in [4.78, 5) is 0. The zero-order valence-corrected chi connectivity index (χ0v) is 10.8.